The fourth-order valence-electron chi connectivity index (χ4n) is 3.17. The van der Waals surface area contributed by atoms with Gasteiger partial charge in [-0.05, 0) is 12.8 Å². The number of imidazole rings is 2. The van der Waals surface area contributed by atoms with Crippen LogP contribution in [0.15, 0.2) is 34.8 Å². The summed E-state index contributed by atoms with van der Waals surface area (Å²) in [6.07, 6.45) is 26.7. The first-order valence-corrected chi connectivity index (χ1v) is 10.9. The molecular formula is C22H36N6. The van der Waals surface area contributed by atoms with Crippen LogP contribution in [0.3, 0.4) is 0 Å². The van der Waals surface area contributed by atoms with Crippen LogP contribution in [0.1, 0.15) is 88.7 Å². The van der Waals surface area contributed by atoms with E-state index in [9.17, 15) is 0 Å². The molecule has 0 saturated heterocycles. The van der Waals surface area contributed by atoms with Crippen molar-refractivity contribution in [3.63, 3.8) is 0 Å². The molecule has 154 valence electrons. The number of hydrogen-bond acceptors (Lipinski definition) is 4. The Bertz CT molecular complexity index is 559. The van der Waals surface area contributed by atoms with Crippen molar-refractivity contribution in [1.82, 2.24) is 19.9 Å². The molecule has 0 radical (unpaired) electrons. The van der Waals surface area contributed by atoms with Gasteiger partial charge in [0.15, 0.2) is 0 Å². The van der Waals surface area contributed by atoms with Gasteiger partial charge in [0.2, 0.25) is 0 Å². The minimum absolute atomic E-state index is 0.846. The molecule has 2 aromatic rings. The van der Waals surface area contributed by atoms with Crippen molar-refractivity contribution in [1.29, 1.82) is 0 Å². The van der Waals surface area contributed by atoms with Gasteiger partial charge in [-0.25, -0.2) is 9.97 Å². The van der Waals surface area contributed by atoms with E-state index in [2.05, 4.69) is 29.9 Å². The lowest BCUT2D eigenvalue weighted by Crippen LogP contribution is -1.88. The van der Waals surface area contributed by atoms with Crippen LogP contribution in [0.2, 0.25) is 0 Å². The largest absolute Gasteiger partial charge is 0.344 e. The molecule has 0 aliphatic heterocycles. The molecule has 0 aromatic carbocycles. The van der Waals surface area contributed by atoms with Crippen molar-refractivity contribution in [2.24, 2.45) is 9.98 Å². The van der Waals surface area contributed by atoms with E-state index in [4.69, 9.17) is 0 Å². The van der Waals surface area contributed by atoms with Crippen molar-refractivity contribution in [3.8, 4) is 0 Å². The third-order valence-electron chi connectivity index (χ3n) is 4.79. The molecule has 2 aromatic heterocycles. The van der Waals surface area contributed by atoms with E-state index in [1.165, 1.54) is 77.0 Å². The predicted octanol–water partition coefficient (Wildman–Crippen LogP) is 5.35. The summed E-state index contributed by atoms with van der Waals surface area (Å²) in [5, 5.41) is 0. The maximum Gasteiger partial charge on any atom is 0.147 e. The second kappa shape index (κ2) is 15.8. The zero-order chi connectivity index (χ0) is 19.5. The highest BCUT2D eigenvalue weighted by Crippen LogP contribution is 2.12. The molecule has 0 spiro atoms. The fourth-order valence-corrected chi connectivity index (χ4v) is 3.17. The maximum atomic E-state index is 4.39. The van der Waals surface area contributed by atoms with Crippen molar-refractivity contribution >= 4 is 12.4 Å². The third-order valence-corrected chi connectivity index (χ3v) is 4.79. The molecule has 0 fully saturated rings. The lowest BCUT2D eigenvalue weighted by atomic mass is 10.1. The monoisotopic (exact) mass is 384 g/mol. The Morgan fingerprint density at radius 2 is 0.929 bits per heavy atom. The van der Waals surface area contributed by atoms with Crippen LogP contribution in [-0.4, -0.2) is 45.5 Å². The molecular weight excluding hydrogens is 348 g/mol. The highest BCUT2D eigenvalue weighted by molar-refractivity contribution is 5.74. The molecule has 2 heterocycles. The molecule has 0 bridgehead atoms. The average Bonchev–Trinajstić information content (AvgIpc) is 3.41. The molecule has 6 nitrogen and oxygen atoms in total. The number of hydrogen-bond donors (Lipinski definition) is 2. The smallest absolute Gasteiger partial charge is 0.147 e. The van der Waals surface area contributed by atoms with Crippen molar-refractivity contribution in [2.45, 2.75) is 77.0 Å². The van der Waals surface area contributed by atoms with Gasteiger partial charge in [0.05, 0.1) is 12.4 Å². The number of rotatable bonds is 17. The van der Waals surface area contributed by atoms with E-state index < -0.39 is 0 Å². The fraction of sp³-hybridized carbons (Fsp3) is 0.636. The second-order valence-corrected chi connectivity index (χ2v) is 7.26. The molecule has 0 unspecified atom stereocenters. The predicted molar refractivity (Wildman–Crippen MR) is 118 cm³/mol. The van der Waals surface area contributed by atoms with Crippen molar-refractivity contribution in [3.05, 3.63) is 36.4 Å². The summed E-state index contributed by atoms with van der Waals surface area (Å²) in [7, 11) is 0. The summed E-state index contributed by atoms with van der Waals surface area (Å²) in [5.41, 5.74) is 0. The van der Waals surface area contributed by atoms with E-state index in [0.29, 0.717) is 0 Å². The molecule has 2 N–H and O–H groups in total. The molecule has 28 heavy (non-hydrogen) atoms. The second-order valence-electron chi connectivity index (χ2n) is 7.26. The zero-order valence-corrected chi connectivity index (χ0v) is 17.2. The summed E-state index contributed by atoms with van der Waals surface area (Å²) >= 11 is 0. The Morgan fingerprint density at radius 1 is 0.571 bits per heavy atom. The Morgan fingerprint density at radius 3 is 1.25 bits per heavy atom. The van der Waals surface area contributed by atoms with Gasteiger partial charge in [0.1, 0.15) is 11.6 Å². The Labute approximate surface area is 169 Å². The molecule has 2 rings (SSSR count). The summed E-state index contributed by atoms with van der Waals surface area (Å²) in [6.45, 7) is 1.82. The van der Waals surface area contributed by atoms with E-state index in [-0.39, 0.29) is 0 Å². The maximum absolute atomic E-state index is 4.39. The zero-order valence-electron chi connectivity index (χ0n) is 17.2. The topological polar surface area (TPSA) is 82.1 Å². The number of aliphatic imine (C=N–C) groups is 2. The molecule has 0 saturated carbocycles. The van der Waals surface area contributed by atoms with Gasteiger partial charge < -0.3 is 9.97 Å². The Kier molecular flexibility index (Phi) is 12.4. The minimum Gasteiger partial charge on any atom is -0.344 e. The average molecular weight is 385 g/mol. The molecule has 0 atom stereocenters. The van der Waals surface area contributed by atoms with Crippen LogP contribution in [-0.2, 0) is 0 Å². The van der Waals surface area contributed by atoms with Crippen molar-refractivity contribution < 1.29 is 0 Å². The number of nitrogens with zero attached hydrogens (tertiary/aromatic N) is 4. The van der Waals surface area contributed by atoms with Crippen LogP contribution in [0.5, 0.6) is 0 Å². The summed E-state index contributed by atoms with van der Waals surface area (Å²) < 4.78 is 0. The summed E-state index contributed by atoms with van der Waals surface area (Å²) in [6, 6.07) is 0. The SMILES string of the molecule is C(=NCCCCCCCCCCCCCCN=Cc1ncc[nH]1)c1ncc[nH]1. The molecule has 0 amide bonds. The van der Waals surface area contributed by atoms with Gasteiger partial charge in [-0.3, -0.25) is 9.98 Å². The van der Waals surface area contributed by atoms with Crippen LogP contribution < -0.4 is 0 Å². The van der Waals surface area contributed by atoms with Gasteiger partial charge in [0, 0.05) is 37.9 Å². The standard InChI is InChI=1S/C22H36N6/c1(3-5-7-9-11-13-23-19-21-25-15-16-26-21)2-4-6-8-10-12-14-24-20-22-27-17-18-28-22/h15-20H,1-14H2,(H,25,26)(H,27,28). The van der Waals surface area contributed by atoms with Gasteiger partial charge in [-0.15, -0.1) is 0 Å². The van der Waals surface area contributed by atoms with E-state index in [0.717, 1.165) is 24.7 Å². The first-order chi connectivity index (χ1) is 13.9. The molecule has 0 aliphatic rings. The van der Waals surface area contributed by atoms with Crippen LogP contribution in [0.4, 0.5) is 0 Å². The first kappa shape index (κ1) is 22.1. The van der Waals surface area contributed by atoms with Crippen LogP contribution >= 0.6 is 0 Å². The van der Waals surface area contributed by atoms with Gasteiger partial charge >= 0.3 is 0 Å². The van der Waals surface area contributed by atoms with Gasteiger partial charge in [-0.1, -0.05) is 64.2 Å². The van der Waals surface area contributed by atoms with Gasteiger partial charge in [-0.2, -0.15) is 0 Å². The molecule has 0 aliphatic carbocycles. The summed E-state index contributed by atoms with van der Waals surface area (Å²) in [4.78, 5) is 23.1. The molecule has 6 heteroatoms. The lowest BCUT2D eigenvalue weighted by Gasteiger charge is -2.02. The first-order valence-electron chi connectivity index (χ1n) is 10.9. The number of H-pyrrole nitrogens is 2. The number of nitrogens with one attached hydrogen (secondary N) is 2. The summed E-state index contributed by atoms with van der Waals surface area (Å²) in [5.74, 6) is 1.69. The quantitative estimate of drug-likeness (QED) is 0.284. The lowest BCUT2D eigenvalue weighted by molar-refractivity contribution is 0.543. The Balaban J connectivity index is 1.25. The third kappa shape index (κ3) is 11.5. The van der Waals surface area contributed by atoms with Crippen molar-refractivity contribution in [2.75, 3.05) is 13.1 Å². The van der Waals surface area contributed by atoms with E-state index in [1.54, 1.807) is 12.4 Å². The van der Waals surface area contributed by atoms with E-state index >= 15 is 0 Å². The van der Waals surface area contributed by atoms with Crippen LogP contribution in [0, 0.1) is 0 Å². The van der Waals surface area contributed by atoms with Crippen LogP contribution in [0.25, 0.3) is 0 Å². The highest BCUT2D eigenvalue weighted by Gasteiger charge is 1.94. The number of aromatic amines is 2. The Hall–Kier alpha value is -2.24. The highest BCUT2D eigenvalue weighted by atomic mass is 14.9. The van der Waals surface area contributed by atoms with E-state index in [1.807, 2.05) is 24.8 Å². The van der Waals surface area contributed by atoms with Gasteiger partial charge in [0.25, 0.3) is 0 Å². The normalized spacial score (nSPS) is 11.9. The number of unbranched alkanes of at least 4 members (excludes halogenated alkanes) is 11. The minimum atomic E-state index is 0.846. The number of aromatic nitrogens is 4.